The van der Waals surface area contributed by atoms with Crippen LogP contribution in [-0.2, 0) is 19.1 Å². The highest BCUT2D eigenvalue weighted by atomic mass is 16.6. The molecule has 118 valence electrons. The fourth-order valence-electron chi connectivity index (χ4n) is 2.79. The van der Waals surface area contributed by atoms with Crippen LogP contribution in [0.15, 0.2) is 0 Å². The molecule has 0 unspecified atom stereocenters. The number of hydrogen-bond acceptors (Lipinski definition) is 5. The Bertz CT molecular complexity index is 457. The van der Waals surface area contributed by atoms with E-state index in [4.69, 9.17) is 9.47 Å². The number of fused-ring (bicyclic) bond motifs is 2. The molecular weight excluding hydrogens is 276 g/mol. The smallest absolute Gasteiger partial charge is 0.411 e. The largest absolute Gasteiger partial charge is 0.464 e. The van der Waals surface area contributed by atoms with Crippen molar-refractivity contribution < 1.29 is 23.9 Å². The monoisotopic (exact) mass is 298 g/mol. The quantitative estimate of drug-likeness (QED) is 0.763. The molecule has 2 aliphatic heterocycles. The Morgan fingerprint density at radius 2 is 2.00 bits per heavy atom. The predicted octanol–water partition coefficient (Wildman–Crippen LogP) is 0.816. The molecule has 1 N–H and O–H groups in total. The normalized spacial score (nSPS) is 28.1. The highest BCUT2D eigenvalue weighted by molar-refractivity contribution is 5.93. The number of hydrogen-bond donors (Lipinski definition) is 1. The molecule has 2 bridgehead atoms. The number of amides is 2. The summed E-state index contributed by atoms with van der Waals surface area (Å²) >= 11 is 0. The Balaban J connectivity index is 2.20. The van der Waals surface area contributed by atoms with Crippen molar-refractivity contribution in [3.05, 3.63) is 0 Å². The maximum absolute atomic E-state index is 12.3. The van der Waals surface area contributed by atoms with Crippen LogP contribution >= 0.6 is 0 Å². The number of nitrogens with zero attached hydrogens (tertiary/aromatic N) is 1. The van der Waals surface area contributed by atoms with Gasteiger partial charge in [-0.25, -0.2) is 9.59 Å². The topological polar surface area (TPSA) is 84.9 Å². The van der Waals surface area contributed by atoms with Gasteiger partial charge in [-0.15, -0.1) is 0 Å². The summed E-state index contributed by atoms with van der Waals surface area (Å²) in [4.78, 5) is 37.8. The molecule has 3 atom stereocenters. The second-order valence-corrected chi connectivity index (χ2v) is 6.29. The second kappa shape index (κ2) is 5.54. The molecule has 0 aromatic heterocycles. The number of piperazine rings is 1. The Morgan fingerprint density at radius 1 is 1.33 bits per heavy atom. The third-order valence-corrected chi connectivity index (χ3v) is 3.56. The summed E-state index contributed by atoms with van der Waals surface area (Å²) < 4.78 is 10.3. The van der Waals surface area contributed by atoms with E-state index in [0.29, 0.717) is 12.8 Å². The van der Waals surface area contributed by atoms with E-state index in [9.17, 15) is 14.4 Å². The van der Waals surface area contributed by atoms with Gasteiger partial charge in [0.05, 0.1) is 12.6 Å². The van der Waals surface area contributed by atoms with Crippen LogP contribution in [0.3, 0.4) is 0 Å². The van der Waals surface area contributed by atoms with Gasteiger partial charge in [0.25, 0.3) is 0 Å². The van der Waals surface area contributed by atoms with E-state index in [1.807, 2.05) is 0 Å². The molecule has 2 fully saturated rings. The van der Waals surface area contributed by atoms with Gasteiger partial charge in [-0.2, -0.15) is 0 Å². The standard InChI is InChI=1S/C14H22N2O5/c1-5-20-12(18)10-8-6-7-9(11(17)15-10)16(8)13(19)21-14(2,3)4/h8-10H,5-7H2,1-4H3,(H,15,17)/t8-,9+,10+/m1/s1. The van der Waals surface area contributed by atoms with Crippen molar-refractivity contribution >= 4 is 18.0 Å². The second-order valence-electron chi connectivity index (χ2n) is 6.29. The third kappa shape index (κ3) is 3.11. The molecule has 2 saturated heterocycles. The molecule has 2 amide bonds. The van der Waals surface area contributed by atoms with E-state index < -0.39 is 35.8 Å². The van der Waals surface area contributed by atoms with Crippen LogP contribution in [0, 0.1) is 0 Å². The lowest BCUT2D eigenvalue weighted by atomic mass is 10.1. The molecule has 21 heavy (non-hydrogen) atoms. The first-order valence-electron chi connectivity index (χ1n) is 7.23. The summed E-state index contributed by atoms with van der Waals surface area (Å²) in [7, 11) is 0. The summed E-state index contributed by atoms with van der Waals surface area (Å²) in [5, 5.41) is 2.65. The van der Waals surface area contributed by atoms with E-state index in [1.165, 1.54) is 4.90 Å². The molecule has 7 nitrogen and oxygen atoms in total. The zero-order valence-electron chi connectivity index (χ0n) is 12.8. The molecule has 2 heterocycles. The molecule has 0 aromatic rings. The molecule has 7 heteroatoms. The SMILES string of the molecule is CCOC(=O)[C@H]1NC(=O)[C@@H]2CC[C@H]1N2C(=O)OC(C)(C)C. The van der Waals surface area contributed by atoms with Gasteiger partial charge < -0.3 is 14.8 Å². The van der Waals surface area contributed by atoms with Crippen LogP contribution in [0.1, 0.15) is 40.5 Å². The lowest BCUT2D eigenvalue weighted by Crippen LogP contribution is -2.65. The summed E-state index contributed by atoms with van der Waals surface area (Å²) in [6.07, 6.45) is 0.553. The first kappa shape index (κ1) is 15.6. The minimum atomic E-state index is -0.816. The number of rotatable bonds is 2. The Kier molecular flexibility index (Phi) is 4.11. The lowest BCUT2D eigenvalue weighted by molar-refractivity contribution is -0.152. The van der Waals surface area contributed by atoms with Crippen LogP contribution in [0.25, 0.3) is 0 Å². The molecule has 0 spiro atoms. The Hall–Kier alpha value is -1.79. The summed E-state index contributed by atoms with van der Waals surface area (Å²) in [6, 6.07) is -1.78. The Morgan fingerprint density at radius 3 is 2.57 bits per heavy atom. The predicted molar refractivity (Wildman–Crippen MR) is 73.4 cm³/mol. The average Bonchev–Trinajstić information content (AvgIpc) is 2.71. The summed E-state index contributed by atoms with van der Waals surface area (Å²) in [5.41, 5.74) is -0.649. The molecule has 0 aliphatic carbocycles. The minimum Gasteiger partial charge on any atom is -0.464 e. The fourth-order valence-corrected chi connectivity index (χ4v) is 2.79. The molecular formula is C14H22N2O5. The zero-order chi connectivity index (χ0) is 15.8. The van der Waals surface area contributed by atoms with Gasteiger partial charge in [-0.1, -0.05) is 0 Å². The van der Waals surface area contributed by atoms with Gasteiger partial charge in [-0.3, -0.25) is 9.69 Å². The molecule has 0 saturated carbocycles. The van der Waals surface area contributed by atoms with E-state index in [2.05, 4.69) is 5.32 Å². The van der Waals surface area contributed by atoms with E-state index in [0.717, 1.165) is 0 Å². The van der Waals surface area contributed by atoms with E-state index in [-0.39, 0.29) is 12.5 Å². The summed E-state index contributed by atoms with van der Waals surface area (Å²) in [5.74, 6) is -0.836. The zero-order valence-corrected chi connectivity index (χ0v) is 12.8. The number of esters is 1. The van der Waals surface area contributed by atoms with Crippen LogP contribution in [-0.4, -0.2) is 53.2 Å². The maximum Gasteiger partial charge on any atom is 0.411 e. The van der Waals surface area contributed by atoms with Crippen molar-refractivity contribution in [1.82, 2.24) is 10.2 Å². The first-order chi connectivity index (χ1) is 9.74. The van der Waals surface area contributed by atoms with Gasteiger partial charge in [-0.05, 0) is 40.5 Å². The number of carbonyl (C=O) groups excluding carboxylic acids is 3. The first-order valence-corrected chi connectivity index (χ1v) is 7.23. The van der Waals surface area contributed by atoms with Gasteiger partial charge in [0, 0.05) is 0 Å². The molecule has 2 rings (SSSR count). The number of ether oxygens (including phenoxy) is 2. The molecule has 2 aliphatic rings. The van der Waals surface area contributed by atoms with E-state index in [1.54, 1.807) is 27.7 Å². The van der Waals surface area contributed by atoms with Gasteiger partial charge in [0.2, 0.25) is 5.91 Å². The van der Waals surface area contributed by atoms with Crippen LogP contribution in [0.4, 0.5) is 4.79 Å². The summed E-state index contributed by atoms with van der Waals surface area (Å²) in [6.45, 7) is 7.22. The van der Waals surface area contributed by atoms with Crippen molar-refractivity contribution in [1.29, 1.82) is 0 Å². The number of nitrogens with one attached hydrogen (secondary N) is 1. The van der Waals surface area contributed by atoms with Crippen LogP contribution in [0.5, 0.6) is 0 Å². The van der Waals surface area contributed by atoms with Gasteiger partial charge in [0.15, 0.2) is 0 Å². The van der Waals surface area contributed by atoms with Gasteiger partial charge >= 0.3 is 12.1 Å². The molecule has 0 radical (unpaired) electrons. The third-order valence-electron chi connectivity index (χ3n) is 3.56. The Labute approximate surface area is 123 Å². The maximum atomic E-state index is 12.3. The van der Waals surface area contributed by atoms with Crippen molar-refractivity contribution in [3.63, 3.8) is 0 Å². The van der Waals surface area contributed by atoms with Gasteiger partial charge in [0.1, 0.15) is 17.7 Å². The van der Waals surface area contributed by atoms with Crippen molar-refractivity contribution in [2.75, 3.05) is 6.61 Å². The molecule has 0 aromatic carbocycles. The highest BCUT2D eigenvalue weighted by Crippen LogP contribution is 2.32. The lowest BCUT2D eigenvalue weighted by Gasteiger charge is -2.39. The number of carbonyl (C=O) groups is 3. The minimum absolute atomic E-state index is 0.230. The highest BCUT2D eigenvalue weighted by Gasteiger charge is 2.53. The van der Waals surface area contributed by atoms with Crippen molar-refractivity contribution in [2.45, 2.75) is 64.3 Å². The van der Waals surface area contributed by atoms with Crippen molar-refractivity contribution in [2.24, 2.45) is 0 Å². The average molecular weight is 298 g/mol. The van der Waals surface area contributed by atoms with Crippen LogP contribution in [0.2, 0.25) is 0 Å². The van der Waals surface area contributed by atoms with Crippen LogP contribution < -0.4 is 5.32 Å². The van der Waals surface area contributed by atoms with E-state index >= 15 is 0 Å². The fraction of sp³-hybridized carbons (Fsp3) is 0.786. The van der Waals surface area contributed by atoms with Crippen molar-refractivity contribution in [3.8, 4) is 0 Å².